The second kappa shape index (κ2) is 8.75. The summed E-state index contributed by atoms with van der Waals surface area (Å²) in [4.78, 5) is 32.0. The zero-order valence-corrected chi connectivity index (χ0v) is 18.2. The molecule has 162 valence electrons. The predicted molar refractivity (Wildman–Crippen MR) is 121 cm³/mol. The summed E-state index contributed by atoms with van der Waals surface area (Å²) >= 11 is 0. The quantitative estimate of drug-likeness (QED) is 0.639. The van der Waals surface area contributed by atoms with Crippen LogP contribution in [0.4, 0.5) is 11.4 Å². The van der Waals surface area contributed by atoms with Crippen molar-refractivity contribution in [1.82, 2.24) is 19.9 Å². The number of anilines is 2. The van der Waals surface area contributed by atoms with Crippen LogP contribution in [0.1, 0.15) is 47.9 Å². The summed E-state index contributed by atoms with van der Waals surface area (Å²) in [6.45, 7) is 7.72. The molecule has 0 bridgehead atoms. The third-order valence-corrected chi connectivity index (χ3v) is 5.49. The predicted octanol–water partition coefficient (Wildman–Crippen LogP) is 3.09. The number of carbonyl (C=O) groups excluding carboxylic acids is 2. The van der Waals surface area contributed by atoms with Gasteiger partial charge >= 0.3 is 0 Å². The molecule has 31 heavy (non-hydrogen) atoms. The highest BCUT2D eigenvalue weighted by molar-refractivity contribution is 6.00. The zero-order chi connectivity index (χ0) is 22.0. The summed E-state index contributed by atoms with van der Waals surface area (Å²) < 4.78 is 1.65. The third-order valence-electron chi connectivity index (χ3n) is 5.49. The maximum Gasteiger partial charge on any atom is 0.256 e. The van der Waals surface area contributed by atoms with E-state index in [1.54, 1.807) is 4.52 Å². The van der Waals surface area contributed by atoms with Crippen molar-refractivity contribution in [2.75, 3.05) is 23.3 Å². The zero-order valence-electron chi connectivity index (χ0n) is 18.2. The molecule has 1 atom stereocenters. The minimum atomic E-state index is -0.338. The van der Waals surface area contributed by atoms with Crippen molar-refractivity contribution < 1.29 is 9.59 Å². The maximum atomic E-state index is 12.7. The molecule has 1 saturated heterocycles. The van der Waals surface area contributed by atoms with E-state index in [1.165, 1.54) is 19.0 Å². The number of aryl methyl sites for hydroxylation is 2. The van der Waals surface area contributed by atoms with Crippen LogP contribution in [0, 0.1) is 13.8 Å². The van der Waals surface area contributed by atoms with Crippen molar-refractivity contribution >= 4 is 28.8 Å². The van der Waals surface area contributed by atoms with Gasteiger partial charge in [0.25, 0.3) is 5.91 Å². The molecule has 3 heterocycles. The van der Waals surface area contributed by atoms with Crippen LogP contribution in [0.15, 0.2) is 36.5 Å². The smallest absolute Gasteiger partial charge is 0.256 e. The summed E-state index contributed by atoms with van der Waals surface area (Å²) in [6.07, 6.45) is 4.09. The van der Waals surface area contributed by atoms with Gasteiger partial charge in [0.15, 0.2) is 5.65 Å². The Balaban J connectivity index is 1.36. The molecule has 3 aromatic rings. The van der Waals surface area contributed by atoms with Gasteiger partial charge in [-0.05, 0) is 57.9 Å². The Bertz CT molecular complexity index is 1120. The highest BCUT2D eigenvalue weighted by Crippen LogP contribution is 2.23. The maximum absolute atomic E-state index is 12.7. The minimum absolute atomic E-state index is 0.143. The fraction of sp³-hybridized carbons (Fsp3) is 0.391. The standard InChI is InChI=1S/C23H28N6O2/c1-15-11-17(3)29-22(25-15)20(14-24-29)23(31)26-16(2)12-21(30)27-18-7-6-8-19(13-18)28-9-4-5-10-28/h6-8,11,13-14,16H,4-5,9-10,12H2,1-3H3,(H,26,31)(H,27,30). The van der Waals surface area contributed by atoms with E-state index in [0.717, 1.165) is 35.9 Å². The SMILES string of the molecule is Cc1cc(C)n2ncc(C(=O)NC(C)CC(=O)Nc3cccc(N4CCCC4)c3)c2n1. The lowest BCUT2D eigenvalue weighted by Gasteiger charge is -2.19. The number of rotatable bonds is 6. The first kappa shape index (κ1) is 20.8. The normalized spacial score (nSPS) is 14.6. The van der Waals surface area contributed by atoms with Crippen molar-refractivity contribution in [3.05, 3.63) is 53.5 Å². The van der Waals surface area contributed by atoms with E-state index in [9.17, 15) is 9.59 Å². The van der Waals surface area contributed by atoms with Crippen LogP contribution in [0.25, 0.3) is 5.65 Å². The van der Waals surface area contributed by atoms with E-state index in [2.05, 4.69) is 31.7 Å². The lowest BCUT2D eigenvalue weighted by Crippen LogP contribution is -2.35. The Labute approximate surface area is 181 Å². The summed E-state index contributed by atoms with van der Waals surface area (Å²) in [6, 6.07) is 9.48. The van der Waals surface area contributed by atoms with Crippen LogP contribution in [0.2, 0.25) is 0 Å². The van der Waals surface area contributed by atoms with E-state index >= 15 is 0 Å². The molecule has 2 aromatic heterocycles. The topological polar surface area (TPSA) is 91.6 Å². The molecule has 8 heteroatoms. The number of hydrogen-bond donors (Lipinski definition) is 2. The van der Waals surface area contributed by atoms with Crippen LogP contribution in [-0.2, 0) is 4.79 Å². The number of nitrogens with one attached hydrogen (secondary N) is 2. The highest BCUT2D eigenvalue weighted by Gasteiger charge is 2.19. The summed E-state index contributed by atoms with van der Waals surface area (Å²) in [7, 11) is 0. The van der Waals surface area contributed by atoms with Gasteiger partial charge in [-0.3, -0.25) is 9.59 Å². The van der Waals surface area contributed by atoms with Gasteiger partial charge in [0.05, 0.1) is 6.20 Å². The number of hydrogen-bond acceptors (Lipinski definition) is 5. The number of amides is 2. The van der Waals surface area contributed by atoms with Gasteiger partial charge in [0.2, 0.25) is 5.91 Å². The van der Waals surface area contributed by atoms with Gasteiger partial charge in [0, 0.05) is 48.3 Å². The van der Waals surface area contributed by atoms with Gasteiger partial charge in [-0.1, -0.05) is 6.07 Å². The molecular formula is C23H28N6O2. The fourth-order valence-corrected chi connectivity index (χ4v) is 4.03. The third kappa shape index (κ3) is 4.68. The molecule has 1 fully saturated rings. The van der Waals surface area contributed by atoms with Crippen molar-refractivity contribution in [1.29, 1.82) is 0 Å². The molecule has 0 aliphatic carbocycles. The Kier molecular flexibility index (Phi) is 5.88. The Morgan fingerprint density at radius 1 is 1.16 bits per heavy atom. The number of carbonyl (C=O) groups is 2. The van der Waals surface area contributed by atoms with Crippen molar-refractivity contribution in [3.63, 3.8) is 0 Å². The molecule has 1 aliphatic heterocycles. The average Bonchev–Trinajstić information content (AvgIpc) is 3.38. The first-order valence-corrected chi connectivity index (χ1v) is 10.7. The Morgan fingerprint density at radius 3 is 2.71 bits per heavy atom. The minimum Gasteiger partial charge on any atom is -0.371 e. The van der Waals surface area contributed by atoms with E-state index < -0.39 is 0 Å². The summed E-state index contributed by atoms with van der Waals surface area (Å²) in [5.74, 6) is -0.431. The van der Waals surface area contributed by atoms with Crippen molar-refractivity contribution in [3.8, 4) is 0 Å². The Hall–Kier alpha value is -3.42. The number of aromatic nitrogens is 3. The molecule has 0 saturated carbocycles. The molecule has 8 nitrogen and oxygen atoms in total. The molecule has 0 radical (unpaired) electrons. The van der Waals surface area contributed by atoms with Crippen LogP contribution in [0.5, 0.6) is 0 Å². The Morgan fingerprint density at radius 2 is 1.94 bits per heavy atom. The lowest BCUT2D eigenvalue weighted by atomic mass is 10.2. The largest absolute Gasteiger partial charge is 0.371 e. The van der Waals surface area contributed by atoms with E-state index in [0.29, 0.717) is 11.2 Å². The summed E-state index contributed by atoms with van der Waals surface area (Å²) in [5, 5.41) is 10.1. The van der Waals surface area contributed by atoms with E-state index in [-0.39, 0.29) is 24.3 Å². The van der Waals surface area contributed by atoms with E-state index in [1.807, 2.05) is 45.0 Å². The summed E-state index contributed by atoms with van der Waals surface area (Å²) in [5.41, 5.74) is 4.55. The monoisotopic (exact) mass is 420 g/mol. The average molecular weight is 421 g/mol. The number of nitrogens with zero attached hydrogens (tertiary/aromatic N) is 4. The first-order chi connectivity index (χ1) is 14.9. The lowest BCUT2D eigenvalue weighted by molar-refractivity contribution is -0.116. The van der Waals surface area contributed by atoms with Crippen molar-refractivity contribution in [2.45, 2.75) is 46.1 Å². The van der Waals surface area contributed by atoms with Crippen LogP contribution in [0.3, 0.4) is 0 Å². The van der Waals surface area contributed by atoms with Crippen LogP contribution in [-0.4, -0.2) is 45.5 Å². The number of fused-ring (bicyclic) bond motifs is 1. The molecule has 1 aliphatic rings. The van der Waals surface area contributed by atoms with Crippen molar-refractivity contribution in [2.24, 2.45) is 0 Å². The molecule has 0 spiro atoms. The molecule has 2 amide bonds. The highest BCUT2D eigenvalue weighted by atomic mass is 16.2. The molecule has 1 unspecified atom stereocenters. The second-order valence-corrected chi connectivity index (χ2v) is 8.20. The van der Waals surface area contributed by atoms with E-state index in [4.69, 9.17) is 0 Å². The number of benzene rings is 1. The van der Waals surface area contributed by atoms with Gasteiger partial charge in [-0.2, -0.15) is 5.10 Å². The first-order valence-electron chi connectivity index (χ1n) is 10.7. The second-order valence-electron chi connectivity index (χ2n) is 8.20. The fourth-order valence-electron chi connectivity index (χ4n) is 4.03. The molecule has 1 aromatic carbocycles. The van der Waals surface area contributed by atoms with Crippen LogP contribution < -0.4 is 15.5 Å². The van der Waals surface area contributed by atoms with Crippen LogP contribution >= 0.6 is 0 Å². The van der Waals surface area contributed by atoms with Gasteiger partial charge in [-0.15, -0.1) is 0 Å². The molecular weight excluding hydrogens is 392 g/mol. The van der Waals surface area contributed by atoms with Gasteiger partial charge in [0.1, 0.15) is 5.56 Å². The van der Waals surface area contributed by atoms with Gasteiger partial charge in [-0.25, -0.2) is 9.50 Å². The molecule has 4 rings (SSSR count). The molecule has 2 N–H and O–H groups in total. The van der Waals surface area contributed by atoms with Gasteiger partial charge < -0.3 is 15.5 Å².